The largest absolute Gasteiger partial charge is 0.508 e. The molecule has 1 aliphatic carbocycles. The van der Waals surface area contributed by atoms with Crippen molar-refractivity contribution in [3.63, 3.8) is 0 Å². The van der Waals surface area contributed by atoms with Gasteiger partial charge in [0.05, 0.1) is 0 Å². The van der Waals surface area contributed by atoms with Crippen LogP contribution >= 0.6 is 0 Å². The van der Waals surface area contributed by atoms with Gasteiger partial charge in [-0.1, -0.05) is 89.2 Å². The Morgan fingerprint density at radius 3 is 0.594 bits per heavy atom. The van der Waals surface area contributed by atoms with E-state index in [-0.39, 0.29) is 21.7 Å². The molecule has 4 rings (SSSR count). The molecule has 1 saturated carbocycles. The van der Waals surface area contributed by atoms with E-state index in [2.05, 4.69) is 34.6 Å². The van der Waals surface area contributed by atoms with Crippen molar-refractivity contribution in [2.24, 2.45) is 0 Å². The van der Waals surface area contributed by atoms with Crippen molar-refractivity contribution in [1.29, 1.82) is 0 Å². The van der Waals surface area contributed by atoms with Gasteiger partial charge in [-0.25, -0.2) is 0 Å². The van der Waals surface area contributed by atoms with Gasteiger partial charge < -0.3 is 15.3 Å². The molecule has 4 heteroatoms. The Balaban J connectivity index is 0.000000401. The van der Waals surface area contributed by atoms with E-state index in [0.717, 1.165) is 0 Å². The molecular formula is C28H33O3Ti. The molecule has 1 fully saturated rings. The third kappa shape index (κ3) is 11.4. The van der Waals surface area contributed by atoms with Crippen molar-refractivity contribution in [2.75, 3.05) is 0 Å². The molecule has 0 heterocycles. The molecule has 167 valence electrons. The fourth-order valence-electron chi connectivity index (χ4n) is 2.69. The van der Waals surface area contributed by atoms with Crippen LogP contribution in [-0.4, -0.2) is 15.3 Å². The van der Waals surface area contributed by atoms with Gasteiger partial charge in [-0.05, 0) is 66.0 Å². The van der Waals surface area contributed by atoms with Crippen LogP contribution in [0.1, 0.15) is 34.6 Å². The maximum absolute atomic E-state index is 8.63. The molecule has 32 heavy (non-hydrogen) atoms. The minimum Gasteiger partial charge on any atom is -0.508 e. The molecule has 0 saturated heterocycles. The predicted octanol–water partition coefficient (Wildman–Crippen LogP) is 7.15. The van der Waals surface area contributed by atoms with Crippen LogP contribution in [0.15, 0.2) is 91.0 Å². The zero-order valence-electron chi connectivity index (χ0n) is 19.5. The third-order valence-corrected chi connectivity index (χ3v) is 5.08. The maximum Gasteiger partial charge on any atom is 0.115 e. The Morgan fingerprint density at radius 2 is 0.500 bits per heavy atom. The van der Waals surface area contributed by atoms with Gasteiger partial charge in [0.1, 0.15) is 17.2 Å². The number of phenols is 3. The third-order valence-electron chi connectivity index (χ3n) is 5.08. The number of hydrogen-bond acceptors (Lipinski definition) is 3. The van der Waals surface area contributed by atoms with Crippen molar-refractivity contribution in [1.82, 2.24) is 0 Å². The van der Waals surface area contributed by atoms with E-state index in [9.17, 15) is 0 Å². The number of para-hydroxylation sites is 3. The van der Waals surface area contributed by atoms with Crippen LogP contribution in [0.25, 0.3) is 0 Å². The Bertz CT molecular complexity index is 678. The predicted molar refractivity (Wildman–Crippen MR) is 129 cm³/mol. The zero-order valence-corrected chi connectivity index (χ0v) is 21.1. The molecule has 3 aromatic rings. The molecule has 0 aromatic heterocycles. The first-order valence-corrected chi connectivity index (χ1v) is 10.2. The van der Waals surface area contributed by atoms with E-state index in [1.807, 2.05) is 18.2 Å². The van der Waals surface area contributed by atoms with Crippen LogP contribution in [-0.2, 0) is 21.7 Å². The number of phenolic OH excluding ortho intramolecular Hbond substituents is 3. The number of benzene rings is 3. The summed E-state index contributed by atoms with van der Waals surface area (Å²) in [6.45, 7) is 11.0. The van der Waals surface area contributed by atoms with Crippen LogP contribution in [0.3, 0.4) is 0 Å². The molecule has 0 spiro atoms. The monoisotopic (exact) mass is 465 g/mol. The molecule has 1 aliphatic rings. The van der Waals surface area contributed by atoms with Crippen molar-refractivity contribution >= 4 is 0 Å². The molecule has 0 aliphatic heterocycles. The van der Waals surface area contributed by atoms with Crippen molar-refractivity contribution in [3.05, 3.63) is 121 Å². The molecule has 0 unspecified atom stereocenters. The summed E-state index contributed by atoms with van der Waals surface area (Å²) < 4.78 is 0. The van der Waals surface area contributed by atoms with Crippen LogP contribution in [0.5, 0.6) is 17.2 Å². The molecule has 3 nitrogen and oxygen atoms in total. The first kappa shape index (κ1) is 29.8. The minimum absolute atomic E-state index is 0. The molecule has 0 amide bonds. The summed E-state index contributed by atoms with van der Waals surface area (Å²) in [4.78, 5) is 0. The molecule has 3 N–H and O–H groups in total. The number of rotatable bonds is 0. The molecule has 0 bridgehead atoms. The topological polar surface area (TPSA) is 60.7 Å². The van der Waals surface area contributed by atoms with Crippen LogP contribution < -0.4 is 0 Å². The summed E-state index contributed by atoms with van der Waals surface area (Å²) in [7, 11) is 0. The quantitative estimate of drug-likeness (QED) is 0.309. The second kappa shape index (κ2) is 16.4. The van der Waals surface area contributed by atoms with Gasteiger partial charge >= 0.3 is 0 Å². The average molecular weight is 465 g/mol. The fraction of sp³-hybridized carbons (Fsp3) is 0.179. The number of aromatic hydroxyl groups is 3. The standard InChI is InChI=1S/C10H15.3C6H6O.Ti/c1-6-7(2)9(4)10(5)8(6)3;3*7-6-4-2-1-3-5-6;/h1-5H3;3*1-5,7H;. The van der Waals surface area contributed by atoms with Gasteiger partial charge in [0.15, 0.2) is 0 Å². The summed E-state index contributed by atoms with van der Waals surface area (Å²) in [5, 5.41) is 25.9. The Morgan fingerprint density at radius 1 is 0.344 bits per heavy atom. The van der Waals surface area contributed by atoms with Gasteiger partial charge in [-0.2, -0.15) is 0 Å². The normalized spacial score (nSPS) is 14.5. The minimum atomic E-state index is 0. The molecule has 3 aromatic carbocycles. The summed E-state index contributed by atoms with van der Waals surface area (Å²) in [6.07, 6.45) is 0. The average Bonchev–Trinajstić information content (AvgIpc) is 2.94. The second-order valence-electron chi connectivity index (χ2n) is 7.13. The van der Waals surface area contributed by atoms with E-state index in [4.69, 9.17) is 15.3 Å². The van der Waals surface area contributed by atoms with Crippen molar-refractivity contribution in [3.8, 4) is 17.2 Å². The Labute approximate surface area is 209 Å². The Kier molecular flexibility index (Phi) is 15.3. The summed E-state index contributed by atoms with van der Waals surface area (Å²) in [5.41, 5.74) is 0. The van der Waals surface area contributed by atoms with Gasteiger partial charge in [0.2, 0.25) is 0 Å². The maximum atomic E-state index is 8.63. The van der Waals surface area contributed by atoms with E-state index < -0.39 is 0 Å². The van der Waals surface area contributed by atoms with E-state index in [0.29, 0.717) is 17.2 Å². The Hall–Kier alpha value is -2.23. The van der Waals surface area contributed by atoms with E-state index in [1.54, 1.807) is 72.8 Å². The second-order valence-corrected chi connectivity index (χ2v) is 7.13. The van der Waals surface area contributed by atoms with E-state index in [1.165, 1.54) is 29.6 Å². The van der Waals surface area contributed by atoms with Gasteiger partial charge in [-0.15, -0.1) is 0 Å². The first-order chi connectivity index (χ1) is 14.7. The van der Waals surface area contributed by atoms with Gasteiger partial charge in [0.25, 0.3) is 0 Å². The summed E-state index contributed by atoms with van der Waals surface area (Å²) >= 11 is 0. The van der Waals surface area contributed by atoms with E-state index >= 15 is 0 Å². The molecule has 5 radical (unpaired) electrons. The van der Waals surface area contributed by atoms with Crippen LogP contribution in [0.2, 0.25) is 0 Å². The van der Waals surface area contributed by atoms with Gasteiger partial charge in [-0.3, -0.25) is 0 Å². The van der Waals surface area contributed by atoms with Crippen LogP contribution in [0.4, 0.5) is 0 Å². The zero-order chi connectivity index (χ0) is 23.2. The van der Waals surface area contributed by atoms with Crippen molar-refractivity contribution < 1.29 is 37.0 Å². The summed E-state index contributed by atoms with van der Waals surface area (Å²) in [6, 6.07) is 26.1. The fourth-order valence-corrected chi connectivity index (χ4v) is 2.69. The first-order valence-electron chi connectivity index (χ1n) is 10.2. The van der Waals surface area contributed by atoms with Crippen molar-refractivity contribution in [2.45, 2.75) is 34.6 Å². The SMILES string of the molecule is C[C]1[C](C)[C](C)[C](C)[C]1C.Oc1ccccc1.Oc1ccccc1.Oc1ccccc1.[Ti]. The smallest absolute Gasteiger partial charge is 0.115 e. The number of hydrogen-bond donors (Lipinski definition) is 3. The summed E-state index contributed by atoms with van der Waals surface area (Å²) in [5.74, 6) is 8.30. The van der Waals surface area contributed by atoms with Crippen LogP contribution in [0, 0.1) is 29.6 Å². The molecule has 0 atom stereocenters. The molecular weight excluding hydrogens is 432 g/mol. The van der Waals surface area contributed by atoms with Gasteiger partial charge in [0, 0.05) is 21.7 Å².